The van der Waals surface area contributed by atoms with Crippen molar-refractivity contribution in [2.45, 2.75) is 52.2 Å². The summed E-state index contributed by atoms with van der Waals surface area (Å²) in [7, 11) is -0.519. The number of carbonyl (C=O) groups excluding carboxylic acids is 1. The number of aromatic hydroxyl groups is 1. The molecule has 1 aliphatic rings. The van der Waals surface area contributed by atoms with Crippen LogP contribution in [-0.4, -0.2) is 29.2 Å². The average molecular weight is 276 g/mol. The SMILES string of the molecule is CC(=O)Cc1cc(O)ccc1B1OC(C)(C)C(C)(C)O1. The number of ketones is 1. The molecular weight excluding hydrogens is 255 g/mol. The normalized spacial score (nSPS) is 20.1. The molecule has 0 aliphatic carbocycles. The van der Waals surface area contributed by atoms with Crippen LogP contribution in [0.1, 0.15) is 40.2 Å². The van der Waals surface area contributed by atoms with E-state index in [0.717, 1.165) is 11.0 Å². The van der Waals surface area contributed by atoms with Crippen LogP contribution in [0.25, 0.3) is 0 Å². The summed E-state index contributed by atoms with van der Waals surface area (Å²) in [5, 5.41) is 9.61. The third kappa shape index (κ3) is 2.74. The van der Waals surface area contributed by atoms with E-state index in [9.17, 15) is 9.90 Å². The van der Waals surface area contributed by atoms with Crippen molar-refractivity contribution in [3.63, 3.8) is 0 Å². The molecule has 0 atom stereocenters. The molecule has 1 N–H and O–H groups in total. The first-order valence-electron chi connectivity index (χ1n) is 6.79. The Morgan fingerprint density at radius 1 is 1.20 bits per heavy atom. The van der Waals surface area contributed by atoms with Crippen LogP contribution >= 0.6 is 0 Å². The lowest BCUT2D eigenvalue weighted by Gasteiger charge is -2.32. The zero-order valence-corrected chi connectivity index (χ0v) is 12.7. The smallest absolute Gasteiger partial charge is 0.495 e. The zero-order valence-electron chi connectivity index (χ0n) is 12.7. The van der Waals surface area contributed by atoms with Gasteiger partial charge in [0.15, 0.2) is 0 Å². The molecule has 2 rings (SSSR count). The van der Waals surface area contributed by atoms with Crippen LogP contribution < -0.4 is 5.46 Å². The molecule has 0 aromatic heterocycles. The summed E-state index contributed by atoms with van der Waals surface area (Å²) in [4.78, 5) is 11.4. The molecule has 0 bridgehead atoms. The number of carbonyl (C=O) groups is 1. The zero-order chi connectivity index (χ0) is 15.1. The van der Waals surface area contributed by atoms with E-state index in [1.807, 2.05) is 27.7 Å². The third-order valence-corrected chi connectivity index (χ3v) is 4.07. The van der Waals surface area contributed by atoms with Gasteiger partial charge in [-0.2, -0.15) is 0 Å². The Labute approximate surface area is 120 Å². The topological polar surface area (TPSA) is 55.8 Å². The summed E-state index contributed by atoms with van der Waals surface area (Å²) in [5.41, 5.74) is 0.694. The van der Waals surface area contributed by atoms with E-state index in [1.54, 1.807) is 18.2 Å². The van der Waals surface area contributed by atoms with Crippen LogP contribution in [0.4, 0.5) is 0 Å². The standard InChI is InChI=1S/C15H21BO4/c1-10(17)8-11-9-12(18)6-7-13(11)16-19-14(2,3)15(4,5)20-16/h6-7,9,18H,8H2,1-5H3. The van der Waals surface area contributed by atoms with Crippen molar-refractivity contribution in [3.8, 4) is 5.75 Å². The van der Waals surface area contributed by atoms with Crippen LogP contribution in [0, 0.1) is 0 Å². The van der Waals surface area contributed by atoms with Crippen molar-refractivity contribution in [2.24, 2.45) is 0 Å². The number of phenolic OH excluding ortho intramolecular Hbond substituents is 1. The van der Waals surface area contributed by atoms with Gasteiger partial charge >= 0.3 is 7.12 Å². The number of hydrogen-bond donors (Lipinski definition) is 1. The van der Waals surface area contributed by atoms with Crippen molar-refractivity contribution < 1.29 is 19.2 Å². The Balaban J connectivity index is 2.37. The molecule has 1 heterocycles. The molecule has 0 radical (unpaired) electrons. The Morgan fingerprint density at radius 3 is 2.25 bits per heavy atom. The number of phenols is 1. The fourth-order valence-corrected chi connectivity index (χ4v) is 2.21. The van der Waals surface area contributed by atoms with E-state index in [-0.39, 0.29) is 18.0 Å². The van der Waals surface area contributed by atoms with E-state index >= 15 is 0 Å². The van der Waals surface area contributed by atoms with Gasteiger partial charge in [0.1, 0.15) is 11.5 Å². The van der Waals surface area contributed by atoms with Crippen molar-refractivity contribution in [1.82, 2.24) is 0 Å². The second kappa shape index (κ2) is 4.90. The quantitative estimate of drug-likeness (QED) is 0.856. The molecule has 1 aromatic rings. The number of rotatable bonds is 3. The second-order valence-corrected chi connectivity index (χ2v) is 6.35. The maximum atomic E-state index is 11.4. The summed E-state index contributed by atoms with van der Waals surface area (Å²) in [6.45, 7) is 9.46. The van der Waals surface area contributed by atoms with Gasteiger partial charge in [0.05, 0.1) is 11.2 Å². The molecule has 1 aromatic carbocycles. The van der Waals surface area contributed by atoms with E-state index in [2.05, 4.69) is 0 Å². The lowest BCUT2D eigenvalue weighted by atomic mass is 9.75. The first kappa shape index (κ1) is 15.1. The van der Waals surface area contributed by atoms with Gasteiger partial charge in [0.25, 0.3) is 0 Å². The Morgan fingerprint density at radius 2 is 1.75 bits per heavy atom. The van der Waals surface area contributed by atoms with Crippen molar-refractivity contribution in [3.05, 3.63) is 23.8 Å². The van der Waals surface area contributed by atoms with E-state index in [1.165, 1.54) is 6.92 Å². The van der Waals surface area contributed by atoms with Gasteiger partial charge in [-0.1, -0.05) is 6.07 Å². The van der Waals surface area contributed by atoms with Gasteiger partial charge in [-0.25, -0.2) is 0 Å². The highest BCUT2D eigenvalue weighted by Crippen LogP contribution is 2.36. The molecule has 20 heavy (non-hydrogen) atoms. The van der Waals surface area contributed by atoms with E-state index in [0.29, 0.717) is 0 Å². The van der Waals surface area contributed by atoms with Gasteiger partial charge in [0, 0.05) is 6.42 Å². The van der Waals surface area contributed by atoms with Crippen LogP contribution in [0.2, 0.25) is 0 Å². The predicted molar refractivity (Wildman–Crippen MR) is 78.2 cm³/mol. The predicted octanol–water partition coefficient (Wildman–Crippen LogP) is 1.82. The fraction of sp³-hybridized carbons (Fsp3) is 0.533. The minimum Gasteiger partial charge on any atom is -0.508 e. The molecule has 0 saturated carbocycles. The van der Waals surface area contributed by atoms with Gasteiger partial charge in [-0.3, -0.25) is 4.79 Å². The highest BCUT2D eigenvalue weighted by molar-refractivity contribution is 6.62. The van der Waals surface area contributed by atoms with Crippen molar-refractivity contribution in [2.75, 3.05) is 0 Å². The first-order chi connectivity index (χ1) is 9.12. The minimum atomic E-state index is -0.519. The van der Waals surface area contributed by atoms with Crippen LogP contribution in [0.3, 0.4) is 0 Å². The summed E-state index contributed by atoms with van der Waals surface area (Å²) in [6, 6.07) is 4.95. The number of benzene rings is 1. The van der Waals surface area contributed by atoms with Gasteiger partial charge in [-0.05, 0) is 57.8 Å². The summed E-state index contributed by atoms with van der Waals surface area (Å²) >= 11 is 0. The monoisotopic (exact) mass is 276 g/mol. The lowest BCUT2D eigenvalue weighted by molar-refractivity contribution is -0.116. The van der Waals surface area contributed by atoms with Crippen molar-refractivity contribution in [1.29, 1.82) is 0 Å². The molecule has 108 valence electrons. The summed E-state index contributed by atoms with van der Waals surface area (Å²) < 4.78 is 12.0. The van der Waals surface area contributed by atoms with E-state index in [4.69, 9.17) is 9.31 Å². The van der Waals surface area contributed by atoms with Gasteiger partial charge in [0.2, 0.25) is 0 Å². The Kier molecular flexibility index (Phi) is 3.69. The lowest BCUT2D eigenvalue weighted by Crippen LogP contribution is -2.41. The second-order valence-electron chi connectivity index (χ2n) is 6.35. The highest BCUT2D eigenvalue weighted by atomic mass is 16.7. The summed E-state index contributed by atoms with van der Waals surface area (Å²) in [5.74, 6) is 0.176. The molecule has 1 aliphatic heterocycles. The molecule has 0 amide bonds. The first-order valence-corrected chi connectivity index (χ1v) is 6.79. The average Bonchev–Trinajstić information content (AvgIpc) is 2.46. The fourth-order valence-electron chi connectivity index (χ4n) is 2.21. The van der Waals surface area contributed by atoms with Gasteiger partial charge in [-0.15, -0.1) is 0 Å². The number of hydrogen-bond acceptors (Lipinski definition) is 4. The molecule has 4 nitrogen and oxygen atoms in total. The molecule has 5 heteroatoms. The Hall–Kier alpha value is -1.33. The maximum Gasteiger partial charge on any atom is 0.495 e. The summed E-state index contributed by atoms with van der Waals surface area (Å²) in [6.07, 6.45) is 0.258. The Bertz CT molecular complexity index is 521. The largest absolute Gasteiger partial charge is 0.508 e. The van der Waals surface area contributed by atoms with Gasteiger partial charge < -0.3 is 14.4 Å². The van der Waals surface area contributed by atoms with Crippen LogP contribution in [0.15, 0.2) is 18.2 Å². The molecule has 1 saturated heterocycles. The third-order valence-electron chi connectivity index (χ3n) is 4.07. The molecular formula is C15H21BO4. The number of Topliss-reactive ketones (excluding diaryl/α,β-unsaturated/α-hetero) is 1. The van der Waals surface area contributed by atoms with Crippen LogP contribution in [-0.2, 0) is 20.5 Å². The minimum absolute atomic E-state index is 0.0355. The molecule has 1 fully saturated rings. The van der Waals surface area contributed by atoms with Crippen molar-refractivity contribution >= 4 is 18.4 Å². The maximum absolute atomic E-state index is 11.4. The molecule has 0 unspecified atom stereocenters. The highest BCUT2D eigenvalue weighted by Gasteiger charge is 2.52. The van der Waals surface area contributed by atoms with Crippen LogP contribution in [0.5, 0.6) is 5.75 Å². The molecule has 0 spiro atoms. The van der Waals surface area contributed by atoms with E-state index < -0.39 is 18.3 Å².